The number of benzene rings is 10. The molecule has 0 amide bonds. The van der Waals surface area contributed by atoms with Gasteiger partial charge in [-0.05, 0) is 143 Å². The van der Waals surface area contributed by atoms with Gasteiger partial charge in [0, 0.05) is 50.6 Å². The Morgan fingerprint density at radius 3 is 1.03 bits per heavy atom. The summed E-state index contributed by atoms with van der Waals surface area (Å²) in [5, 5.41) is 12.0. The monoisotopic (exact) mass is 830 g/mol. The molecule has 0 fully saturated rings. The predicted molar refractivity (Wildman–Crippen MR) is 271 cm³/mol. The van der Waals surface area contributed by atoms with Crippen LogP contribution in [0.15, 0.2) is 255 Å². The molecule has 4 nitrogen and oxygen atoms in total. The van der Waals surface area contributed by atoms with Crippen LogP contribution < -0.4 is 9.80 Å². The van der Waals surface area contributed by atoms with Crippen molar-refractivity contribution in [3.63, 3.8) is 0 Å². The second-order valence-corrected chi connectivity index (χ2v) is 16.1. The molecule has 0 radical (unpaired) electrons. The molecule has 10 aromatic carbocycles. The molecule has 0 spiro atoms. The Bertz CT molecular complexity index is 3170. The average molecular weight is 831 g/mol. The fourth-order valence-electron chi connectivity index (χ4n) is 9.23. The Morgan fingerprint density at radius 1 is 0.323 bits per heavy atom. The van der Waals surface area contributed by atoms with Crippen molar-refractivity contribution in [3.8, 4) is 45.1 Å². The smallest absolute Gasteiger partial charge is 0.0991 e. The number of hydrogen-bond acceptors (Lipinski definition) is 3. The van der Waals surface area contributed by atoms with Crippen LogP contribution in [0.1, 0.15) is 5.56 Å². The SMILES string of the molecule is N#Cc1ccc(-c2c(-c3ccccc3)cc(-n3c4ccc(N(c5ccccc5)c5ccccc5)cc4c4cc(N(c5ccccc5)c5ccccc5)ccc43)cc2-c2ccccc2)cc1. The van der Waals surface area contributed by atoms with Gasteiger partial charge in [0.15, 0.2) is 0 Å². The molecule has 0 aliphatic heterocycles. The molecule has 0 atom stereocenters. The third-order valence-electron chi connectivity index (χ3n) is 12.2. The highest BCUT2D eigenvalue weighted by Crippen LogP contribution is 2.46. The van der Waals surface area contributed by atoms with Gasteiger partial charge in [-0.1, -0.05) is 146 Å². The third kappa shape index (κ3) is 7.38. The summed E-state index contributed by atoms with van der Waals surface area (Å²) in [5.74, 6) is 0. The normalized spacial score (nSPS) is 11.1. The molecule has 0 saturated carbocycles. The van der Waals surface area contributed by atoms with Gasteiger partial charge in [-0.25, -0.2) is 0 Å². The van der Waals surface area contributed by atoms with E-state index in [1.165, 1.54) is 0 Å². The highest BCUT2D eigenvalue weighted by atomic mass is 15.1. The van der Waals surface area contributed by atoms with Crippen LogP contribution in [0.4, 0.5) is 34.1 Å². The Labute approximate surface area is 379 Å². The number of aromatic nitrogens is 1. The maximum absolute atomic E-state index is 9.75. The maximum Gasteiger partial charge on any atom is 0.0991 e. The van der Waals surface area contributed by atoms with E-state index in [1.54, 1.807) is 0 Å². The lowest BCUT2D eigenvalue weighted by Gasteiger charge is -2.26. The average Bonchev–Trinajstić information content (AvgIpc) is 3.71. The van der Waals surface area contributed by atoms with E-state index in [-0.39, 0.29) is 0 Å². The third-order valence-corrected chi connectivity index (χ3v) is 12.2. The maximum atomic E-state index is 9.75. The molecule has 306 valence electrons. The van der Waals surface area contributed by atoms with Crippen molar-refractivity contribution in [1.29, 1.82) is 5.26 Å². The zero-order valence-electron chi connectivity index (χ0n) is 35.5. The van der Waals surface area contributed by atoms with Crippen molar-refractivity contribution < 1.29 is 0 Å². The van der Waals surface area contributed by atoms with E-state index in [0.717, 1.165) is 95.0 Å². The summed E-state index contributed by atoms with van der Waals surface area (Å²) in [6.07, 6.45) is 0. The van der Waals surface area contributed by atoms with E-state index in [4.69, 9.17) is 0 Å². The summed E-state index contributed by atoms with van der Waals surface area (Å²) in [7, 11) is 0. The van der Waals surface area contributed by atoms with Crippen LogP contribution in [0.3, 0.4) is 0 Å². The van der Waals surface area contributed by atoms with Crippen LogP contribution in [-0.2, 0) is 0 Å². The van der Waals surface area contributed by atoms with Crippen molar-refractivity contribution >= 4 is 55.9 Å². The van der Waals surface area contributed by atoms with Crippen LogP contribution >= 0.6 is 0 Å². The molecule has 65 heavy (non-hydrogen) atoms. The summed E-state index contributed by atoms with van der Waals surface area (Å²) in [6.45, 7) is 0. The second-order valence-electron chi connectivity index (χ2n) is 16.1. The Balaban J connectivity index is 1.22. The second kappa shape index (κ2) is 17.1. The number of nitriles is 1. The summed E-state index contributed by atoms with van der Waals surface area (Å²) >= 11 is 0. The molecule has 0 saturated heterocycles. The first-order valence-electron chi connectivity index (χ1n) is 21.9. The van der Waals surface area contributed by atoms with Gasteiger partial charge >= 0.3 is 0 Å². The Hall–Kier alpha value is -8.91. The first-order valence-corrected chi connectivity index (χ1v) is 21.9. The van der Waals surface area contributed by atoms with Gasteiger partial charge in [0.1, 0.15) is 0 Å². The zero-order valence-corrected chi connectivity index (χ0v) is 35.5. The lowest BCUT2D eigenvalue weighted by molar-refractivity contribution is 1.18. The van der Waals surface area contributed by atoms with Gasteiger partial charge in [-0.15, -0.1) is 0 Å². The number of hydrogen-bond donors (Lipinski definition) is 0. The molecular weight excluding hydrogens is 789 g/mol. The number of para-hydroxylation sites is 4. The quantitative estimate of drug-likeness (QED) is 0.138. The number of rotatable bonds is 10. The molecule has 0 aliphatic rings. The van der Waals surface area contributed by atoms with Crippen LogP contribution in [-0.4, -0.2) is 4.57 Å². The standard InChI is InChI=1S/C61H42N4/c62-43-44-31-33-47(34-32-44)61-55(45-19-7-1-8-20-45)41-54(42-56(61)46-21-9-2-10-22-46)65-59-37-35-52(63(48-23-11-3-12-24-48)49-25-13-4-14-26-49)39-57(59)58-40-53(36-38-60(58)65)64(50-27-15-5-16-28-50)51-29-17-6-18-30-51/h1-42H. The molecule has 4 heteroatoms. The van der Waals surface area contributed by atoms with Gasteiger partial charge in [0.05, 0.1) is 22.7 Å². The first-order chi connectivity index (χ1) is 32.2. The van der Waals surface area contributed by atoms with Crippen LogP contribution in [0.25, 0.3) is 60.9 Å². The van der Waals surface area contributed by atoms with E-state index in [9.17, 15) is 5.26 Å². The largest absolute Gasteiger partial charge is 0.310 e. The molecule has 0 bridgehead atoms. The zero-order chi connectivity index (χ0) is 43.5. The van der Waals surface area contributed by atoms with E-state index >= 15 is 0 Å². The molecule has 0 aliphatic carbocycles. The van der Waals surface area contributed by atoms with E-state index in [1.807, 2.05) is 12.1 Å². The summed E-state index contributed by atoms with van der Waals surface area (Å²) in [6, 6.07) is 92.5. The summed E-state index contributed by atoms with van der Waals surface area (Å²) < 4.78 is 2.43. The molecular formula is C61H42N4. The van der Waals surface area contributed by atoms with Crippen molar-refractivity contribution in [2.24, 2.45) is 0 Å². The van der Waals surface area contributed by atoms with E-state index < -0.39 is 0 Å². The lowest BCUT2D eigenvalue weighted by atomic mass is 9.86. The molecule has 0 unspecified atom stereocenters. The minimum Gasteiger partial charge on any atom is -0.310 e. The van der Waals surface area contributed by atoms with Crippen molar-refractivity contribution in [1.82, 2.24) is 4.57 Å². The number of fused-ring (bicyclic) bond motifs is 3. The van der Waals surface area contributed by atoms with Gasteiger partial charge in [-0.2, -0.15) is 5.26 Å². The van der Waals surface area contributed by atoms with Crippen LogP contribution in [0.5, 0.6) is 0 Å². The molecule has 1 heterocycles. The Kier molecular flexibility index (Phi) is 10.3. The van der Waals surface area contributed by atoms with Crippen LogP contribution in [0, 0.1) is 11.3 Å². The van der Waals surface area contributed by atoms with Gasteiger partial charge < -0.3 is 14.4 Å². The van der Waals surface area contributed by atoms with Crippen LogP contribution in [0.2, 0.25) is 0 Å². The minimum absolute atomic E-state index is 0.633. The van der Waals surface area contributed by atoms with Gasteiger partial charge in [0.2, 0.25) is 0 Å². The highest BCUT2D eigenvalue weighted by Gasteiger charge is 2.23. The Morgan fingerprint density at radius 2 is 0.677 bits per heavy atom. The van der Waals surface area contributed by atoms with E-state index in [2.05, 4.69) is 263 Å². The molecule has 11 aromatic rings. The molecule has 0 N–H and O–H groups in total. The molecule has 11 rings (SSSR count). The fraction of sp³-hybridized carbons (Fsp3) is 0. The highest BCUT2D eigenvalue weighted by molar-refractivity contribution is 6.12. The van der Waals surface area contributed by atoms with Crippen molar-refractivity contribution in [3.05, 3.63) is 260 Å². The topological polar surface area (TPSA) is 35.2 Å². The van der Waals surface area contributed by atoms with Crippen molar-refractivity contribution in [2.45, 2.75) is 0 Å². The summed E-state index contributed by atoms with van der Waals surface area (Å²) in [4.78, 5) is 4.67. The predicted octanol–water partition coefficient (Wildman–Crippen LogP) is 16.6. The fourth-order valence-corrected chi connectivity index (χ4v) is 9.23. The summed E-state index contributed by atoms with van der Waals surface area (Å²) in [5.41, 5.74) is 16.9. The van der Waals surface area contributed by atoms with Gasteiger partial charge in [0.25, 0.3) is 0 Å². The number of anilines is 6. The van der Waals surface area contributed by atoms with Gasteiger partial charge in [-0.3, -0.25) is 0 Å². The minimum atomic E-state index is 0.633. The first kappa shape index (κ1) is 39.0. The molecule has 1 aromatic heterocycles. The van der Waals surface area contributed by atoms with E-state index in [0.29, 0.717) is 5.56 Å². The number of nitrogens with zero attached hydrogens (tertiary/aromatic N) is 4. The van der Waals surface area contributed by atoms with Crippen molar-refractivity contribution in [2.75, 3.05) is 9.80 Å². The lowest BCUT2D eigenvalue weighted by Crippen LogP contribution is -2.09.